The van der Waals surface area contributed by atoms with Crippen LogP contribution >= 0.6 is 0 Å². The highest BCUT2D eigenvalue weighted by Gasteiger charge is 2.71. The van der Waals surface area contributed by atoms with E-state index < -0.39 is 0 Å². The standard InChI is InChI=1S/C50H40N2/c1-47-29-49(47,3)51(39-11-7-5-8-12-39)43-21-19-31(27-41(43)47)37-23-33-15-17-35-25-38(26-36-18-16-34(24-37)45(33)46(35)36)32-20-22-44-42(28-32)48(2)30-50(48,4)52(44)40-13-9-6-10-14-40/h5-28H,29-30H2,1-4H3. The predicted molar refractivity (Wildman–Crippen MR) is 219 cm³/mol. The van der Waals surface area contributed by atoms with Gasteiger partial charge in [0.25, 0.3) is 0 Å². The van der Waals surface area contributed by atoms with Crippen LogP contribution in [0.2, 0.25) is 0 Å². The van der Waals surface area contributed by atoms with Gasteiger partial charge in [-0.15, -0.1) is 0 Å². The minimum atomic E-state index is 0.125. The summed E-state index contributed by atoms with van der Waals surface area (Å²) in [6.45, 7) is 9.79. The van der Waals surface area contributed by atoms with Gasteiger partial charge in [0, 0.05) is 33.6 Å². The van der Waals surface area contributed by atoms with E-state index in [1.807, 2.05) is 0 Å². The molecule has 0 bridgehead atoms. The second-order valence-electron chi connectivity index (χ2n) is 17.1. The van der Waals surface area contributed by atoms with E-state index in [-0.39, 0.29) is 21.9 Å². The molecule has 2 saturated carbocycles. The highest BCUT2D eigenvalue weighted by atomic mass is 15.3. The van der Waals surface area contributed by atoms with Crippen molar-refractivity contribution in [2.45, 2.75) is 62.4 Å². The summed E-state index contributed by atoms with van der Waals surface area (Å²) in [5.41, 5.74) is 14.0. The minimum absolute atomic E-state index is 0.125. The Morgan fingerprint density at radius 2 is 0.750 bits per heavy atom. The number of hydrogen-bond donors (Lipinski definition) is 0. The van der Waals surface area contributed by atoms with Gasteiger partial charge < -0.3 is 9.80 Å². The lowest BCUT2D eigenvalue weighted by molar-refractivity contribution is 0.639. The van der Waals surface area contributed by atoms with Crippen LogP contribution in [0.25, 0.3) is 54.6 Å². The predicted octanol–water partition coefficient (Wildman–Crippen LogP) is 13.1. The molecule has 2 nitrogen and oxygen atoms in total. The van der Waals surface area contributed by atoms with Gasteiger partial charge in [-0.1, -0.05) is 86.6 Å². The van der Waals surface area contributed by atoms with Gasteiger partial charge in [0.15, 0.2) is 0 Å². The fourth-order valence-electron chi connectivity index (χ4n) is 11.1. The van der Waals surface area contributed by atoms with Crippen LogP contribution in [-0.2, 0) is 10.8 Å². The molecule has 0 aromatic heterocycles. The van der Waals surface area contributed by atoms with Crippen LogP contribution in [0.15, 0.2) is 146 Å². The zero-order chi connectivity index (χ0) is 34.8. The lowest BCUT2D eigenvalue weighted by Gasteiger charge is -2.29. The summed E-state index contributed by atoms with van der Waals surface area (Å²) in [6.07, 6.45) is 2.37. The molecular formula is C50H40N2. The zero-order valence-corrected chi connectivity index (χ0v) is 30.2. The summed E-state index contributed by atoms with van der Waals surface area (Å²) in [5, 5.41) is 7.99. The molecule has 0 amide bonds. The molecule has 4 aliphatic rings. The lowest BCUT2D eigenvalue weighted by Crippen LogP contribution is -2.30. The Kier molecular flexibility index (Phi) is 5.16. The first-order valence-electron chi connectivity index (χ1n) is 18.9. The second kappa shape index (κ2) is 9.24. The van der Waals surface area contributed by atoms with Crippen molar-refractivity contribution in [2.75, 3.05) is 9.80 Å². The Hall–Kier alpha value is -5.60. The highest BCUT2D eigenvalue weighted by Crippen LogP contribution is 2.71. The summed E-state index contributed by atoms with van der Waals surface area (Å²) in [7, 11) is 0. The van der Waals surface area contributed by atoms with Gasteiger partial charge in [0.05, 0.1) is 11.1 Å². The summed E-state index contributed by atoms with van der Waals surface area (Å²) in [6, 6.07) is 55.3. The molecule has 0 saturated heterocycles. The van der Waals surface area contributed by atoms with Gasteiger partial charge in [0.1, 0.15) is 0 Å². The molecular weight excluding hydrogens is 629 g/mol. The summed E-state index contributed by atoms with van der Waals surface area (Å²) >= 11 is 0. The largest absolute Gasteiger partial charge is 0.334 e. The summed E-state index contributed by atoms with van der Waals surface area (Å²) < 4.78 is 0. The summed E-state index contributed by atoms with van der Waals surface area (Å²) in [5.74, 6) is 0. The molecule has 2 aliphatic heterocycles. The van der Waals surface area contributed by atoms with Crippen LogP contribution in [-0.4, -0.2) is 11.1 Å². The third kappa shape index (κ3) is 3.42. The number of nitrogens with zero attached hydrogens (tertiary/aromatic N) is 2. The fourth-order valence-corrected chi connectivity index (χ4v) is 11.1. The number of hydrogen-bond acceptors (Lipinski definition) is 2. The van der Waals surface area contributed by atoms with Crippen molar-refractivity contribution in [3.63, 3.8) is 0 Å². The number of benzene rings is 8. The molecule has 0 N–H and O–H groups in total. The van der Waals surface area contributed by atoms with Crippen molar-refractivity contribution in [1.29, 1.82) is 0 Å². The molecule has 2 heteroatoms. The van der Waals surface area contributed by atoms with E-state index >= 15 is 0 Å². The molecule has 4 atom stereocenters. The molecule has 2 heterocycles. The maximum Gasteiger partial charge on any atom is 0.0528 e. The van der Waals surface area contributed by atoms with Gasteiger partial charge >= 0.3 is 0 Å². The van der Waals surface area contributed by atoms with Crippen molar-refractivity contribution in [2.24, 2.45) is 0 Å². The molecule has 52 heavy (non-hydrogen) atoms. The average molecular weight is 669 g/mol. The van der Waals surface area contributed by atoms with E-state index in [4.69, 9.17) is 0 Å². The maximum absolute atomic E-state index is 2.59. The van der Waals surface area contributed by atoms with E-state index in [1.165, 1.54) is 101 Å². The average Bonchev–Trinajstić information content (AvgIpc) is 3.90. The number of rotatable bonds is 4. The van der Waals surface area contributed by atoms with E-state index in [2.05, 4.69) is 183 Å². The van der Waals surface area contributed by atoms with Crippen LogP contribution in [0.3, 0.4) is 0 Å². The first-order valence-corrected chi connectivity index (χ1v) is 18.9. The Balaban J connectivity index is 0.941. The van der Waals surface area contributed by atoms with E-state index in [9.17, 15) is 0 Å². The smallest absolute Gasteiger partial charge is 0.0528 e. The molecule has 12 rings (SSSR count). The van der Waals surface area contributed by atoms with Crippen LogP contribution < -0.4 is 9.80 Å². The molecule has 4 unspecified atom stereocenters. The molecule has 2 fully saturated rings. The van der Waals surface area contributed by atoms with Crippen molar-refractivity contribution in [1.82, 2.24) is 0 Å². The van der Waals surface area contributed by atoms with E-state index in [0.29, 0.717) is 0 Å². The second-order valence-corrected chi connectivity index (χ2v) is 17.1. The van der Waals surface area contributed by atoms with Crippen LogP contribution in [0.4, 0.5) is 22.7 Å². The van der Waals surface area contributed by atoms with Crippen molar-refractivity contribution in [3.05, 3.63) is 157 Å². The van der Waals surface area contributed by atoms with Crippen LogP contribution in [0, 0.1) is 0 Å². The van der Waals surface area contributed by atoms with Crippen molar-refractivity contribution < 1.29 is 0 Å². The Morgan fingerprint density at radius 1 is 0.385 bits per heavy atom. The molecule has 0 radical (unpaired) electrons. The van der Waals surface area contributed by atoms with Gasteiger partial charge in [-0.2, -0.15) is 0 Å². The maximum atomic E-state index is 2.59. The number of anilines is 4. The van der Waals surface area contributed by atoms with Gasteiger partial charge in [-0.3, -0.25) is 0 Å². The van der Waals surface area contributed by atoms with Crippen molar-refractivity contribution in [3.8, 4) is 22.3 Å². The highest BCUT2D eigenvalue weighted by molar-refractivity contribution is 6.24. The first kappa shape index (κ1) is 29.0. The van der Waals surface area contributed by atoms with Crippen molar-refractivity contribution >= 4 is 55.1 Å². The van der Waals surface area contributed by atoms with Crippen LogP contribution in [0.5, 0.6) is 0 Å². The molecule has 0 spiro atoms. The Morgan fingerprint density at radius 3 is 1.12 bits per heavy atom. The van der Waals surface area contributed by atoms with Gasteiger partial charge in [-0.05, 0) is 165 Å². The molecule has 250 valence electrons. The SMILES string of the molecule is CC12CC1(C)N(c1ccccc1)c1ccc(-c3cc4ccc5cc(-c6ccc7c(c6)C6(C)CC6(C)N7c6ccccc6)cc6ccc(c3)c4c56)cc12. The normalized spacial score (nSPS) is 26.5. The number of fused-ring (bicyclic) bond motifs is 6. The monoisotopic (exact) mass is 668 g/mol. The minimum Gasteiger partial charge on any atom is -0.334 e. The van der Waals surface area contributed by atoms with Gasteiger partial charge in [-0.25, -0.2) is 0 Å². The summed E-state index contributed by atoms with van der Waals surface area (Å²) in [4.78, 5) is 5.18. The third-order valence-electron chi connectivity index (χ3n) is 14.4. The van der Waals surface area contributed by atoms with Gasteiger partial charge in [0.2, 0.25) is 0 Å². The first-order chi connectivity index (χ1) is 25.2. The number of para-hydroxylation sites is 2. The fraction of sp³-hybridized carbons (Fsp3) is 0.200. The quantitative estimate of drug-likeness (QED) is 0.172. The molecule has 2 aliphatic carbocycles. The Bertz CT molecular complexity index is 2560. The zero-order valence-electron chi connectivity index (χ0n) is 30.2. The van der Waals surface area contributed by atoms with E-state index in [1.54, 1.807) is 0 Å². The lowest BCUT2D eigenvalue weighted by atomic mass is 9.87. The third-order valence-corrected chi connectivity index (χ3v) is 14.4. The van der Waals surface area contributed by atoms with Crippen LogP contribution in [0.1, 0.15) is 51.7 Å². The Labute approximate surface area is 305 Å². The topological polar surface area (TPSA) is 6.48 Å². The van der Waals surface area contributed by atoms with E-state index in [0.717, 1.165) is 0 Å². The molecule has 8 aromatic carbocycles. The molecule has 8 aromatic rings.